The van der Waals surface area contributed by atoms with Crippen LogP contribution in [-0.2, 0) is 9.59 Å². The second kappa shape index (κ2) is 5.78. The third-order valence-electron chi connectivity index (χ3n) is 3.23. The number of hydrogen-bond acceptors (Lipinski definition) is 3. The number of carbonyl (C=O) groups is 2. The molecule has 1 heterocycles. The molecule has 0 spiro atoms. The van der Waals surface area contributed by atoms with Gasteiger partial charge in [-0.25, -0.2) is 0 Å². The summed E-state index contributed by atoms with van der Waals surface area (Å²) in [5.74, 6) is -0.942. The minimum absolute atomic E-state index is 0.0217. The van der Waals surface area contributed by atoms with Gasteiger partial charge >= 0.3 is 0 Å². The van der Waals surface area contributed by atoms with Crippen LogP contribution in [0.4, 0.5) is 5.69 Å². The molecule has 1 aliphatic heterocycles. The molecule has 0 N–H and O–H groups in total. The molecule has 0 radical (unpaired) electrons. The smallest absolute Gasteiger partial charge is 0.263 e. The van der Waals surface area contributed by atoms with E-state index in [1.807, 2.05) is 37.3 Å². The molecule has 4 heteroatoms. The van der Waals surface area contributed by atoms with Crippen molar-refractivity contribution in [3.8, 4) is 0 Å². The predicted octanol–water partition coefficient (Wildman–Crippen LogP) is 2.78. The van der Waals surface area contributed by atoms with Crippen molar-refractivity contribution in [2.24, 2.45) is 11.0 Å². The molecule has 0 fully saturated rings. The molecule has 4 nitrogen and oxygen atoms in total. The van der Waals surface area contributed by atoms with E-state index in [0.717, 1.165) is 12.8 Å². The molecule has 0 saturated carbocycles. The number of amides is 1. The number of carbonyl (C=O) groups excluding carboxylic acids is 2. The van der Waals surface area contributed by atoms with Crippen molar-refractivity contribution < 1.29 is 9.59 Å². The molecule has 1 aromatic rings. The molecular formula is C15H18N2O2. The fourth-order valence-electron chi connectivity index (χ4n) is 2.19. The van der Waals surface area contributed by atoms with E-state index in [0.29, 0.717) is 17.8 Å². The lowest BCUT2D eigenvalue weighted by Gasteiger charge is -2.13. The van der Waals surface area contributed by atoms with Crippen LogP contribution < -0.4 is 5.01 Å². The fraction of sp³-hybridized carbons (Fsp3) is 0.400. The van der Waals surface area contributed by atoms with E-state index in [1.165, 1.54) is 5.01 Å². The van der Waals surface area contributed by atoms with Gasteiger partial charge in [0.1, 0.15) is 5.92 Å². The monoisotopic (exact) mass is 258 g/mol. The molecule has 2 rings (SSSR count). The summed E-state index contributed by atoms with van der Waals surface area (Å²) >= 11 is 0. The molecule has 1 aromatic carbocycles. The number of ketones is 1. The predicted molar refractivity (Wildman–Crippen MR) is 75.1 cm³/mol. The summed E-state index contributed by atoms with van der Waals surface area (Å²) in [6, 6.07) is 9.20. The van der Waals surface area contributed by atoms with E-state index in [1.54, 1.807) is 6.92 Å². The van der Waals surface area contributed by atoms with Crippen molar-refractivity contribution in [2.75, 3.05) is 5.01 Å². The third kappa shape index (κ3) is 2.72. The normalized spacial score (nSPS) is 18.6. The number of hydrogen-bond donors (Lipinski definition) is 0. The van der Waals surface area contributed by atoms with Crippen molar-refractivity contribution in [3.05, 3.63) is 30.3 Å². The first-order valence-corrected chi connectivity index (χ1v) is 6.62. The maximum atomic E-state index is 12.3. The summed E-state index contributed by atoms with van der Waals surface area (Å²) < 4.78 is 0. The Morgan fingerprint density at radius 3 is 2.63 bits per heavy atom. The quantitative estimate of drug-likeness (QED) is 0.762. The Balaban J connectivity index is 2.17. The first kappa shape index (κ1) is 13.5. The minimum atomic E-state index is -0.688. The van der Waals surface area contributed by atoms with E-state index in [4.69, 9.17) is 0 Å². The first-order chi connectivity index (χ1) is 9.15. The van der Waals surface area contributed by atoms with Gasteiger partial charge in [-0.3, -0.25) is 9.59 Å². The summed E-state index contributed by atoms with van der Waals surface area (Å²) in [6.07, 6.45) is 2.22. The van der Waals surface area contributed by atoms with Crippen LogP contribution in [-0.4, -0.2) is 17.4 Å². The van der Waals surface area contributed by atoms with Gasteiger partial charge in [0.05, 0.1) is 11.4 Å². The SMILES string of the molecule is CCCCC(=O)C1C(=O)N(c2ccccc2)N=C1C. The van der Waals surface area contributed by atoms with Crippen LogP contribution in [0, 0.1) is 5.92 Å². The second-order valence-electron chi connectivity index (χ2n) is 4.73. The molecule has 0 aromatic heterocycles. The van der Waals surface area contributed by atoms with Crippen LogP contribution in [0.25, 0.3) is 0 Å². The highest BCUT2D eigenvalue weighted by Crippen LogP contribution is 2.25. The maximum Gasteiger partial charge on any atom is 0.263 e. The van der Waals surface area contributed by atoms with Crippen LogP contribution in [0.3, 0.4) is 0 Å². The second-order valence-corrected chi connectivity index (χ2v) is 4.73. The number of benzene rings is 1. The third-order valence-corrected chi connectivity index (χ3v) is 3.23. The Labute approximate surface area is 113 Å². The van der Waals surface area contributed by atoms with Gasteiger partial charge in [0.15, 0.2) is 5.78 Å². The van der Waals surface area contributed by atoms with E-state index in [9.17, 15) is 9.59 Å². The van der Waals surface area contributed by atoms with Crippen LogP contribution >= 0.6 is 0 Å². The van der Waals surface area contributed by atoms with Gasteiger partial charge < -0.3 is 0 Å². The lowest BCUT2D eigenvalue weighted by atomic mass is 9.95. The summed E-state index contributed by atoms with van der Waals surface area (Å²) in [7, 11) is 0. The molecule has 0 saturated heterocycles. The van der Waals surface area contributed by atoms with Crippen LogP contribution in [0.5, 0.6) is 0 Å². The van der Waals surface area contributed by atoms with Crippen molar-refractivity contribution >= 4 is 23.1 Å². The Bertz CT molecular complexity index is 508. The van der Waals surface area contributed by atoms with Crippen molar-refractivity contribution in [1.29, 1.82) is 0 Å². The van der Waals surface area contributed by atoms with Crippen LogP contribution in [0.1, 0.15) is 33.1 Å². The van der Waals surface area contributed by atoms with Gasteiger partial charge in [-0.1, -0.05) is 31.5 Å². The Kier molecular flexibility index (Phi) is 4.10. The van der Waals surface area contributed by atoms with E-state index >= 15 is 0 Å². The maximum absolute atomic E-state index is 12.3. The largest absolute Gasteiger partial charge is 0.298 e. The molecule has 19 heavy (non-hydrogen) atoms. The van der Waals surface area contributed by atoms with Gasteiger partial charge in [-0.15, -0.1) is 0 Å². The van der Waals surface area contributed by atoms with Crippen LogP contribution in [0.15, 0.2) is 35.4 Å². The highest BCUT2D eigenvalue weighted by molar-refractivity contribution is 6.26. The number of anilines is 1. The number of hydrazone groups is 1. The molecule has 0 bridgehead atoms. The summed E-state index contributed by atoms with van der Waals surface area (Å²) in [6.45, 7) is 3.77. The van der Waals surface area contributed by atoms with Gasteiger partial charge in [-0.2, -0.15) is 10.1 Å². The number of rotatable bonds is 5. The minimum Gasteiger partial charge on any atom is -0.298 e. The van der Waals surface area contributed by atoms with E-state index < -0.39 is 5.92 Å². The lowest BCUT2D eigenvalue weighted by molar-refractivity contribution is -0.129. The highest BCUT2D eigenvalue weighted by Gasteiger charge is 2.38. The van der Waals surface area contributed by atoms with Gasteiger partial charge in [0, 0.05) is 6.42 Å². The van der Waals surface area contributed by atoms with E-state index in [2.05, 4.69) is 5.10 Å². The summed E-state index contributed by atoms with van der Waals surface area (Å²) in [5, 5.41) is 5.57. The zero-order chi connectivity index (χ0) is 13.8. The first-order valence-electron chi connectivity index (χ1n) is 6.62. The average Bonchev–Trinajstić information content (AvgIpc) is 2.72. The zero-order valence-corrected chi connectivity index (χ0v) is 11.3. The number of Topliss-reactive ketones (excluding diaryl/α,β-unsaturated/α-hetero) is 1. The zero-order valence-electron chi connectivity index (χ0n) is 11.3. The van der Waals surface area contributed by atoms with Gasteiger partial charge in [0.25, 0.3) is 5.91 Å². The number of unbranched alkanes of at least 4 members (excludes halogenated alkanes) is 1. The van der Waals surface area contributed by atoms with Crippen molar-refractivity contribution in [2.45, 2.75) is 33.1 Å². The molecule has 100 valence electrons. The average molecular weight is 258 g/mol. The van der Waals surface area contributed by atoms with Gasteiger partial charge in [-0.05, 0) is 25.5 Å². The van der Waals surface area contributed by atoms with E-state index in [-0.39, 0.29) is 11.7 Å². The topological polar surface area (TPSA) is 49.7 Å². The molecule has 1 aliphatic rings. The molecule has 0 aliphatic carbocycles. The fourth-order valence-corrected chi connectivity index (χ4v) is 2.19. The Morgan fingerprint density at radius 2 is 2.00 bits per heavy atom. The standard InChI is InChI=1S/C15H18N2O2/c1-3-4-10-13(18)14-11(2)16-17(15(14)19)12-8-6-5-7-9-12/h5-9,14H,3-4,10H2,1-2H3. The number of para-hydroxylation sites is 1. The molecule has 1 atom stereocenters. The van der Waals surface area contributed by atoms with Crippen molar-refractivity contribution in [1.82, 2.24) is 0 Å². The summed E-state index contributed by atoms with van der Waals surface area (Å²) in [4.78, 5) is 24.4. The highest BCUT2D eigenvalue weighted by atomic mass is 16.2. The Hall–Kier alpha value is -1.97. The van der Waals surface area contributed by atoms with Crippen LogP contribution in [0.2, 0.25) is 0 Å². The molecular weight excluding hydrogens is 240 g/mol. The van der Waals surface area contributed by atoms with Gasteiger partial charge in [0.2, 0.25) is 0 Å². The Morgan fingerprint density at radius 1 is 1.32 bits per heavy atom. The number of nitrogens with zero attached hydrogens (tertiary/aromatic N) is 2. The molecule has 1 amide bonds. The summed E-state index contributed by atoms with van der Waals surface area (Å²) in [5.41, 5.74) is 1.30. The lowest BCUT2D eigenvalue weighted by Crippen LogP contribution is -2.32. The van der Waals surface area contributed by atoms with Crippen molar-refractivity contribution in [3.63, 3.8) is 0 Å². The molecule has 1 unspecified atom stereocenters.